The van der Waals surface area contributed by atoms with Gasteiger partial charge in [0.15, 0.2) is 0 Å². The third-order valence-corrected chi connectivity index (χ3v) is 13.2. The minimum absolute atomic E-state index is 0.373. The molecule has 1 amide bonds. The van der Waals surface area contributed by atoms with E-state index in [1.54, 1.807) is 0 Å². The zero-order valence-corrected chi connectivity index (χ0v) is 41.2. The van der Waals surface area contributed by atoms with Crippen LogP contribution in [-0.4, -0.2) is 57.3 Å². The summed E-state index contributed by atoms with van der Waals surface area (Å²) in [5.74, 6) is -0.581. The molecule has 4 atom stereocenters. The van der Waals surface area contributed by atoms with Gasteiger partial charge < -0.3 is 25.7 Å². The van der Waals surface area contributed by atoms with E-state index in [1.807, 2.05) is 0 Å². The smallest absolute Gasteiger partial charge is 0.249 e. The van der Waals surface area contributed by atoms with Crippen molar-refractivity contribution in [2.24, 2.45) is 0 Å². The fourth-order valence-corrected chi connectivity index (χ4v) is 8.87. The summed E-state index contributed by atoms with van der Waals surface area (Å²) < 4.78 is 0. The molecule has 0 rings (SSSR count). The van der Waals surface area contributed by atoms with Gasteiger partial charge in [-0.25, -0.2) is 0 Å². The van der Waals surface area contributed by atoms with Gasteiger partial charge in [-0.1, -0.05) is 276 Å². The summed E-state index contributed by atoms with van der Waals surface area (Å²) in [6, 6.07) is -0.980. The number of aliphatic hydroxyl groups excluding tert-OH is 4. The summed E-state index contributed by atoms with van der Waals surface area (Å²) in [5, 5.41) is 43.6. The summed E-state index contributed by atoms with van der Waals surface area (Å²) >= 11 is 0. The molecule has 0 heterocycles. The highest BCUT2D eigenvalue weighted by atomic mass is 16.3. The summed E-state index contributed by atoms with van der Waals surface area (Å²) in [6.45, 7) is 4.04. The van der Waals surface area contributed by atoms with Crippen LogP contribution in [-0.2, 0) is 4.79 Å². The molecule has 0 aliphatic rings. The minimum atomic E-state index is -1.25. The average Bonchev–Trinajstić information content (AvgIpc) is 3.26. The quantitative estimate of drug-likeness (QED) is 0.0309. The first-order valence-electron chi connectivity index (χ1n) is 27.6. The fourth-order valence-electron chi connectivity index (χ4n) is 8.87. The average molecular weight is 864 g/mol. The molecule has 0 bridgehead atoms. The standard InChI is InChI=1S/C55H109NO5/c1-3-5-7-9-11-13-14-15-16-17-18-19-20-21-22-23-24-25-26-27-28-29-30-31-32-33-34-35-36-37-38-39-41-43-45-47-49-53(59)55(61)56-51(50-57)54(60)52(58)48-46-44-42-40-12-10-8-6-4-2/h25-26,51-54,57-60H,3-24,27-50H2,1-2H3,(H,56,61)/b26-25-. The zero-order valence-electron chi connectivity index (χ0n) is 41.2. The summed E-state index contributed by atoms with van der Waals surface area (Å²) in [6.07, 6.45) is 58.9. The Morgan fingerprint density at radius 2 is 0.656 bits per heavy atom. The lowest BCUT2D eigenvalue weighted by Gasteiger charge is -2.27. The van der Waals surface area contributed by atoms with Gasteiger partial charge in [0, 0.05) is 0 Å². The zero-order chi connectivity index (χ0) is 44.5. The van der Waals surface area contributed by atoms with Gasteiger partial charge in [0.25, 0.3) is 0 Å². The van der Waals surface area contributed by atoms with E-state index in [4.69, 9.17) is 0 Å². The molecule has 0 fully saturated rings. The molecule has 4 unspecified atom stereocenters. The number of aliphatic hydroxyl groups is 4. The van der Waals surface area contributed by atoms with E-state index in [-0.39, 0.29) is 0 Å². The molecule has 0 saturated carbocycles. The molecule has 0 aromatic carbocycles. The lowest BCUT2D eigenvalue weighted by molar-refractivity contribution is -0.132. The Hall–Kier alpha value is -0.950. The van der Waals surface area contributed by atoms with Gasteiger partial charge in [0.05, 0.1) is 18.8 Å². The number of unbranched alkanes of at least 4 members (excludes halogenated alkanes) is 40. The molecule has 0 aromatic heterocycles. The maximum absolute atomic E-state index is 12.5. The predicted octanol–water partition coefficient (Wildman–Crippen LogP) is 15.7. The highest BCUT2D eigenvalue weighted by molar-refractivity contribution is 5.80. The number of nitrogens with one attached hydrogen (secondary N) is 1. The Morgan fingerprint density at radius 1 is 0.393 bits per heavy atom. The maximum atomic E-state index is 12.5. The number of allylic oxidation sites excluding steroid dienone is 2. The monoisotopic (exact) mass is 864 g/mol. The first-order chi connectivity index (χ1) is 30.0. The van der Waals surface area contributed by atoms with Crippen LogP contribution < -0.4 is 5.32 Å². The molecule has 6 nitrogen and oxygen atoms in total. The third kappa shape index (κ3) is 44.1. The van der Waals surface area contributed by atoms with E-state index < -0.39 is 36.9 Å². The Morgan fingerprint density at radius 3 is 0.951 bits per heavy atom. The normalized spacial score (nSPS) is 13.9. The molecule has 0 spiro atoms. The maximum Gasteiger partial charge on any atom is 0.249 e. The molecule has 364 valence electrons. The van der Waals surface area contributed by atoms with Gasteiger partial charge >= 0.3 is 0 Å². The molecule has 5 N–H and O–H groups in total. The van der Waals surface area contributed by atoms with Crippen molar-refractivity contribution in [2.45, 2.75) is 327 Å². The van der Waals surface area contributed by atoms with Crippen LogP contribution in [0.2, 0.25) is 0 Å². The van der Waals surface area contributed by atoms with Crippen LogP contribution in [0.15, 0.2) is 12.2 Å². The summed E-state index contributed by atoms with van der Waals surface area (Å²) in [4.78, 5) is 12.5. The van der Waals surface area contributed by atoms with E-state index in [1.165, 1.54) is 238 Å². The largest absolute Gasteiger partial charge is 0.394 e. The first-order valence-corrected chi connectivity index (χ1v) is 27.6. The van der Waals surface area contributed by atoms with Crippen molar-refractivity contribution in [1.29, 1.82) is 0 Å². The molecule has 0 radical (unpaired) electrons. The van der Waals surface area contributed by atoms with Gasteiger partial charge in [-0.3, -0.25) is 4.79 Å². The van der Waals surface area contributed by atoms with Crippen LogP contribution >= 0.6 is 0 Å². The van der Waals surface area contributed by atoms with Crippen molar-refractivity contribution in [3.63, 3.8) is 0 Å². The van der Waals surface area contributed by atoms with Crippen molar-refractivity contribution in [3.8, 4) is 0 Å². The van der Waals surface area contributed by atoms with E-state index in [0.29, 0.717) is 12.8 Å². The van der Waals surface area contributed by atoms with Crippen LogP contribution in [0.4, 0.5) is 0 Å². The molecule has 0 aromatic rings. The van der Waals surface area contributed by atoms with Gasteiger partial charge in [-0.2, -0.15) is 0 Å². The summed E-state index contributed by atoms with van der Waals surface area (Å²) in [5.41, 5.74) is 0. The van der Waals surface area contributed by atoms with Crippen molar-refractivity contribution in [2.75, 3.05) is 6.61 Å². The first kappa shape index (κ1) is 60.1. The number of carbonyl (C=O) groups excluding carboxylic acids is 1. The topological polar surface area (TPSA) is 110 Å². The SMILES string of the molecule is CCCCCCCCCCCCCCCCCC/C=C\CCCCCCCCCCCCCCCCCCC(O)C(=O)NC(CO)C(O)C(O)CCCCCCCCCCC. The second kappa shape index (κ2) is 50.1. The molecular weight excluding hydrogens is 755 g/mol. The Kier molecular flexibility index (Phi) is 49.3. The van der Waals surface area contributed by atoms with Crippen molar-refractivity contribution in [3.05, 3.63) is 12.2 Å². The second-order valence-electron chi connectivity index (χ2n) is 19.3. The van der Waals surface area contributed by atoms with E-state index in [0.717, 1.165) is 38.5 Å². The lowest BCUT2D eigenvalue weighted by Crippen LogP contribution is -2.53. The van der Waals surface area contributed by atoms with Crippen LogP contribution in [0.25, 0.3) is 0 Å². The number of hydrogen-bond donors (Lipinski definition) is 5. The number of hydrogen-bond acceptors (Lipinski definition) is 5. The third-order valence-electron chi connectivity index (χ3n) is 13.2. The molecule has 61 heavy (non-hydrogen) atoms. The Bertz CT molecular complexity index is 882. The van der Waals surface area contributed by atoms with E-state index in [9.17, 15) is 25.2 Å². The lowest BCUT2D eigenvalue weighted by atomic mass is 9.99. The van der Waals surface area contributed by atoms with Gasteiger partial charge in [0.2, 0.25) is 5.91 Å². The molecule has 6 heteroatoms. The van der Waals surface area contributed by atoms with Gasteiger partial charge in [-0.05, 0) is 38.5 Å². The summed E-state index contributed by atoms with van der Waals surface area (Å²) in [7, 11) is 0. The second-order valence-corrected chi connectivity index (χ2v) is 19.3. The predicted molar refractivity (Wildman–Crippen MR) is 265 cm³/mol. The minimum Gasteiger partial charge on any atom is -0.394 e. The fraction of sp³-hybridized carbons (Fsp3) is 0.945. The highest BCUT2D eigenvalue weighted by Gasteiger charge is 2.28. The molecule has 0 aliphatic heterocycles. The van der Waals surface area contributed by atoms with Crippen molar-refractivity contribution < 1.29 is 25.2 Å². The Balaban J connectivity index is 3.47. The van der Waals surface area contributed by atoms with Crippen LogP contribution in [0, 0.1) is 0 Å². The van der Waals surface area contributed by atoms with E-state index in [2.05, 4.69) is 31.3 Å². The van der Waals surface area contributed by atoms with Crippen molar-refractivity contribution in [1.82, 2.24) is 5.32 Å². The van der Waals surface area contributed by atoms with Gasteiger partial charge in [-0.15, -0.1) is 0 Å². The van der Waals surface area contributed by atoms with Crippen LogP contribution in [0.1, 0.15) is 303 Å². The van der Waals surface area contributed by atoms with Crippen molar-refractivity contribution >= 4 is 5.91 Å². The number of rotatable bonds is 51. The number of amides is 1. The van der Waals surface area contributed by atoms with Crippen LogP contribution in [0.3, 0.4) is 0 Å². The molecular formula is C55H109NO5. The Labute approximate surface area is 381 Å². The molecule has 0 aliphatic carbocycles. The highest BCUT2D eigenvalue weighted by Crippen LogP contribution is 2.18. The van der Waals surface area contributed by atoms with Gasteiger partial charge in [0.1, 0.15) is 12.2 Å². The van der Waals surface area contributed by atoms with E-state index >= 15 is 0 Å². The van der Waals surface area contributed by atoms with Crippen LogP contribution in [0.5, 0.6) is 0 Å². The number of carbonyl (C=O) groups is 1. The molecule has 0 saturated heterocycles.